The van der Waals surface area contributed by atoms with Gasteiger partial charge in [0.1, 0.15) is 5.82 Å². The second-order valence-corrected chi connectivity index (χ2v) is 5.41. The van der Waals surface area contributed by atoms with Gasteiger partial charge < -0.3 is 9.67 Å². The topological polar surface area (TPSA) is 38.0 Å². The van der Waals surface area contributed by atoms with Crippen molar-refractivity contribution >= 4 is 15.9 Å². The number of hydrogen-bond donors (Lipinski definition) is 1. The zero-order valence-electron chi connectivity index (χ0n) is 10.6. The number of rotatable bonds is 4. The van der Waals surface area contributed by atoms with E-state index in [1.807, 2.05) is 42.0 Å². The molecule has 1 unspecified atom stereocenters. The molecule has 0 spiro atoms. The molecular formula is C14H17BrN2O. The standard InChI is InChI=1S/C14H17BrN2O/c1-3-17-9-8-16-13(17)10-14(2,18)11-6-4-5-7-12(11)15/h4-9,18H,3,10H2,1-2H3. The molecule has 1 heterocycles. The maximum Gasteiger partial charge on any atom is 0.111 e. The van der Waals surface area contributed by atoms with Crippen molar-refractivity contribution in [2.75, 3.05) is 0 Å². The fraction of sp³-hybridized carbons (Fsp3) is 0.357. The van der Waals surface area contributed by atoms with Crippen LogP contribution in [0.15, 0.2) is 41.1 Å². The highest BCUT2D eigenvalue weighted by Crippen LogP contribution is 2.30. The van der Waals surface area contributed by atoms with Gasteiger partial charge in [0.2, 0.25) is 0 Å². The average molecular weight is 309 g/mol. The van der Waals surface area contributed by atoms with Crippen LogP contribution in [0, 0.1) is 0 Å². The van der Waals surface area contributed by atoms with Gasteiger partial charge in [-0.15, -0.1) is 0 Å². The summed E-state index contributed by atoms with van der Waals surface area (Å²) in [6.07, 6.45) is 4.21. The molecule has 0 aliphatic heterocycles. The van der Waals surface area contributed by atoms with E-state index in [0.717, 1.165) is 22.4 Å². The van der Waals surface area contributed by atoms with E-state index in [4.69, 9.17) is 0 Å². The summed E-state index contributed by atoms with van der Waals surface area (Å²) in [6.45, 7) is 4.75. The number of aryl methyl sites for hydroxylation is 1. The minimum atomic E-state index is -0.932. The van der Waals surface area contributed by atoms with E-state index in [9.17, 15) is 5.11 Å². The van der Waals surface area contributed by atoms with E-state index in [2.05, 4.69) is 27.8 Å². The van der Waals surface area contributed by atoms with Crippen LogP contribution in [0.1, 0.15) is 25.2 Å². The molecule has 1 aromatic carbocycles. The molecule has 0 radical (unpaired) electrons. The summed E-state index contributed by atoms with van der Waals surface area (Å²) in [6, 6.07) is 7.75. The highest BCUT2D eigenvalue weighted by atomic mass is 79.9. The Morgan fingerprint density at radius 3 is 2.78 bits per heavy atom. The van der Waals surface area contributed by atoms with Gasteiger partial charge in [-0.3, -0.25) is 0 Å². The number of aliphatic hydroxyl groups is 1. The predicted octanol–water partition coefficient (Wildman–Crippen LogP) is 3.12. The first-order valence-electron chi connectivity index (χ1n) is 6.02. The molecule has 1 N–H and O–H groups in total. The fourth-order valence-electron chi connectivity index (χ4n) is 2.10. The molecular weight excluding hydrogens is 292 g/mol. The molecule has 0 bridgehead atoms. The Morgan fingerprint density at radius 2 is 2.11 bits per heavy atom. The zero-order chi connectivity index (χ0) is 13.2. The van der Waals surface area contributed by atoms with Crippen molar-refractivity contribution in [3.05, 3.63) is 52.5 Å². The maximum absolute atomic E-state index is 10.7. The van der Waals surface area contributed by atoms with Crippen molar-refractivity contribution in [1.29, 1.82) is 0 Å². The third-order valence-corrected chi connectivity index (χ3v) is 3.79. The van der Waals surface area contributed by atoms with E-state index >= 15 is 0 Å². The Balaban J connectivity index is 2.30. The molecule has 2 aromatic rings. The number of hydrogen-bond acceptors (Lipinski definition) is 2. The minimum Gasteiger partial charge on any atom is -0.385 e. The van der Waals surface area contributed by atoms with Crippen LogP contribution in [0.3, 0.4) is 0 Å². The third kappa shape index (κ3) is 2.65. The third-order valence-electron chi connectivity index (χ3n) is 3.10. The van der Waals surface area contributed by atoms with Crippen LogP contribution in [0.5, 0.6) is 0 Å². The van der Waals surface area contributed by atoms with E-state index in [-0.39, 0.29) is 0 Å². The number of imidazole rings is 1. The highest BCUT2D eigenvalue weighted by molar-refractivity contribution is 9.10. The fourth-order valence-corrected chi connectivity index (χ4v) is 2.81. The Hall–Kier alpha value is -1.13. The van der Waals surface area contributed by atoms with E-state index in [1.165, 1.54) is 0 Å². The molecule has 0 fully saturated rings. The zero-order valence-corrected chi connectivity index (χ0v) is 12.2. The molecule has 18 heavy (non-hydrogen) atoms. The second kappa shape index (κ2) is 5.24. The lowest BCUT2D eigenvalue weighted by Crippen LogP contribution is -2.26. The van der Waals surface area contributed by atoms with Crippen molar-refractivity contribution < 1.29 is 5.11 Å². The van der Waals surface area contributed by atoms with E-state index < -0.39 is 5.60 Å². The summed E-state index contributed by atoms with van der Waals surface area (Å²) in [5, 5.41) is 10.7. The minimum absolute atomic E-state index is 0.496. The van der Waals surface area contributed by atoms with Crippen LogP contribution in [0.4, 0.5) is 0 Å². The predicted molar refractivity (Wildman–Crippen MR) is 75.3 cm³/mol. The number of benzene rings is 1. The first-order valence-corrected chi connectivity index (χ1v) is 6.81. The number of nitrogens with zero attached hydrogens (tertiary/aromatic N) is 2. The van der Waals surface area contributed by atoms with Crippen molar-refractivity contribution in [3.8, 4) is 0 Å². The molecule has 3 nitrogen and oxygen atoms in total. The molecule has 1 aromatic heterocycles. The van der Waals surface area contributed by atoms with Gasteiger partial charge >= 0.3 is 0 Å². The summed E-state index contributed by atoms with van der Waals surface area (Å²) in [5.74, 6) is 0.901. The average Bonchev–Trinajstić information content (AvgIpc) is 2.76. The van der Waals surface area contributed by atoms with Crippen molar-refractivity contribution in [1.82, 2.24) is 9.55 Å². The molecule has 0 saturated carbocycles. The Morgan fingerprint density at radius 1 is 1.39 bits per heavy atom. The van der Waals surface area contributed by atoms with Gasteiger partial charge in [0, 0.05) is 29.8 Å². The van der Waals surface area contributed by atoms with Gasteiger partial charge in [0.15, 0.2) is 0 Å². The number of halogens is 1. The largest absolute Gasteiger partial charge is 0.385 e. The van der Waals surface area contributed by atoms with Gasteiger partial charge in [-0.1, -0.05) is 34.1 Å². The monoisotopic (exact) mass is 308 g/mol. The lowest BCUT2D eigenvalue weighted by Gasteiger charge is -2.25. The maximum atomic E-state index is 10.7. The molecule has 96 valence electrons. The van der Waals surface area contributed by atoms with Crippen LogP contribution in [-0.4, -0.2) is 14.7 Å². The van der Waals surface area contributed by atoms with Crippen LogP contribution < -0.4 is 0 Å². The molecule has 0 aliphatic carbocycles. The Kier molecular flexibility index (Phi) is 3.88. The lowest BCUT2D eigenvalue weighted by atomic mass is 9.92. The van der Waals surface area contributed by atoms with Crippen molar-refractivity contribution in [2.45, 2.75) is 32.4 Å². The van der Waals surface area contributed by atoms with Crippen LogP contribution >= 0.6 is 15.9 Å². The highest BCUT2D eigenvalue weighted by Gasteiger charge is 2.27. The van der Waals surface area contributed by atoms with Crippen LogP contribution in [0.2, 0.25) is 0 Å². The smallest absolute Gasteiger partial charge is 0.111 e. The van der Waals surface area contributed by atoms with E-state index in [1.54, 1.807) is 6.20 Å². The normalized spacial score (nSPS) is 14.4. The number of aromatic nitrogens is 2. The van der Waals surface area contributed by atoms with Gasteiger partial charge in [0.25, 0.3) is 0 Å². The Labute approximate surface area is 116 Å². The van der Waals surface area contributed by atoms with Crippen molar-refractivity contribution in [3.63, 3.8) is 0 Å². The lowest BCUT2D eigenvalue weighted by molar-refractivity contribution is 0.0538. The molecule has 1 atom stereocenters. The van der Waals surface area contributed by atoms with Gasteiger partial charge in [-0.05, 0) is 25.5 Å². The Bertz CT molecular complexity index is 534. The molecule has 4 heteroatoms. The summed E-state index contributed by atoms with van der Waals surface area (Å²) < 4.78 is 2.97. The first kappa shape index (κ1) is 13.3. The molecule has 0 saturated heterocycles. The first-order chi connectivity index (χ1) is 8.54. The van der Waals surface area contributed by atoms with Crippen molar-refractivity contribution in [2.24, 2.45) is 0 Å². The molecule has 2 rings (SSSR count). The molecule has 0 aliphatic rings. The van der Waals surface area contributed by atoms with Gasteiger partial charge in [-0.2, -0.15) is 0 Å². The summed E-state index contributed by atoms with van der Waals surface area (Å²) in [4.78, 5) is 4.32. The molecule has 0 amide bonds. The van der Waals surface area contributed by atoms with Gasteiger partial charge in [0.05, 0.1) is 5.60 Å². The summed E-state index contributed by atoms with van der Waals surface area (Å²) in [5.41, 5.74) is -0.0473. The SMILES string of the molecule is CCn1ccnc1CC(C)(O)c1ccccc1Br. The van der Waals surface area contributed by atoms with Gasteiger partial charge in [-0.25, -0.2) is 4.98 Å². The summed E-state index contributed by atoms with van der Waals surface area (Å²) in [7, 11) is 0. The summed E-state index contributed by atoms with van der Waals surface area (Å²) >= 11 is 3.48. The van der Waals surface area contributed by atoms with Crippen LogP contribution in [0.25, 0.3) is 0 Å². The van der Waals surface area contributed by atoms with Crippen LogP contribution in [-0.2, 0) is 18.6 Å². The quantitative estimate of drug-likeness (QED) is 0.942. The van der Waals surface area contributed by atoms with E-state index in [0.29, 0.717) is 6.42 Å². The second-order valence-electron chi connectivity index (χ2n) is 4.56.